The van der Waals surface area contributed by atoms with Crippen molar-refractivity contribution in [3.63, 3.8) is 0 Å². The number of carbonyl (C=O) groups excluding carboxylic acids is 1. The van der Waals surface area contributed by atoms with Gasteiger partial charge in [0.05, 0.1) is 13.0 Å². The molecule has 0 unspecified atom stereocenters. The molecule has 2 heterocycles. The largest absolute Gasteiger partial charge is 0.292 e. The van der Waals surface area contributed by atoms with Gasteiger partial charge in [-0.15, -0.1) is 11.3 Å². The van der Waals surface area contributed by atoms with E-state index in [1.54, 1.807) is 22.4 Å². The predicted octanol–water partition coefficient (Wildman–Crippen LogP) is 3.92. The Morgan fingerprint density at radius 2 is 1.82 bits per heavy atom. The quantitative estimate of drug-likeness (QED) is 0.716. The fourth-order valence-electron chi connectivity index (χ4n) is 2.23. The molecule has 3 rings (SSSR count). The molecule has 1 aromatic carbocycles. The fourth-order valence-corrected chi connectivity index (χ4v) is 2.93. The maximum Gasteiger partial charge on any atom is 0.233 e. The molecule has 0 radical (unpaired) electrons. The van der Waals surface area contributed by atoms with E-state index in [0.29, 0.717) is 18.8 Å². The Bertz CT molecular complexity index is 711. The van der Waals surface area contributed by atoms with Gasteiger partial charge in [-0.3, -0.25) is 9.69 Å². The molecular weight excluding hydrogens is 292 g/mol. The van der Waals surface area contributed by atoms with E-state index in [1.165, 1.54) is 0 Å². The molecule has 0 aliphatic heterocycles. The topological polar surface area (TPSA) is 33.2 Å². The van der Waals surface area contributed by atoms with Crippen LogP contribution in [-0.4, -0.2) is 10.9 Å². The molecule has 0 spiro atoms. The van der Waals surface area contributed by atoms with E-state index in [0.717, 1.165) is 10.4 Å². The number of pyridine rings is 1. The predicted molar refractivity (Wildman–Crippen MR) is 89.9 cm³/mol. The molecule has 0 aliphatic rings. The molecule has 22 heavy (non-hydrogen) atoms. The van der Waals surface area contributed by atoms with E-state index in [9.17, 15) is 4.79 Å². The average molecular weight is 308 g/mol. The molecule has 0 atom stereocenters. The number of nitrogens with zero attached hydrogens (tertiary/aromatic N) is 2. The van der Waals surface area contributed by atoms with Crippen LogP contribution in [0, 0.1) is 0 Å². The lowest BCUT2D eigenvalue weighted by Crippen LogP contribution is -2.32. The Hall–Kier alpha value is -2.46. The first-order valence-electron chi connectivity index (χ1n) is 7.10. The summed E-state index contributed by atoms with van der Waals surface area (Å²) in [5.41, 5.74) is 1.09. The van der Waals surface area contributed by atoms with Crippen LogP contribution < -0.4 is 4.90 Å². The summed E-state index contributed by atoms with van der Waals surface area (Å²) in [4.78, 5) is 19.9. The maximum absolute atomic E-state index is 12.7. The lowest BCUT2D eigenvalue weighted by atomic mass is 10.2. The highest BCUT2D eigenvalue weighted by molar-refractivity contribution is 7.10. The van der Waals surface area contributed by atoms with Crippen LogP contribution in [0.15, 0.2) is 72.2 Å². The summed E-state index contributed by atoms with van der Waals surface area (Å²) >= 11 is 1.60. The van der Waals surface area contributed by atoms with Gasteiger partial charge in [-0.2, -0.15) is 0 Å². The highest BCUT2D eigenvalue weighted by atomic mass is 32.1. The SMILES string of the molecule is O=C(Cc1cccs1)N(Cc1ccccc1)c1ccccn1. The minimum Gasteiger partial charge on any atom is -0.292 e. The van der Waals surface area contributed by atoms with Crippen molar-refractivity contribution < 1.29 is 4.79 Å². The van der Waals surface area contributed by atoms with Crippen LogP contribution in [0.4, 0.5) is 5.82 Å². The number of benzene rings is 1. The Labute approximate surface area is 133 Å². The van der Waals surface area contributed by atoms with Crippen molar-refractivity contribution >= 4 is 23.1 Å². The number of amides is 1. The van der Waals surface area contributed by atoms with Gasteiger partial charge in [0.15, 0.2) is 0 Å². The van der Waals surface area contributed by atoms with E-state index in [4.69, 9.17) is 0 Å². The Morgan fingerprint density at radius 3 is 2.50 bits per heavy atom. The zero-order valence-corrected chi connectivity index (χ0v) is 12.9. The van der Waals surface area contributed by atoms with Crippen molar-refractivity contribution in [3.8, 4) is 0 Å². The summed E-state index contributed by atoms with van der Waals surface area (Å²) < 4.78 is 0. The van der Waals surface area contributed by atoms with Crippen molar-refractivity contribution in [2.45, 2.75) is 13.0 Å². The van der Waals surface area contributed by atoms with Crippen molar-refractivity contribution in [1.29, 1.82) is 0 Å². The van der Waals surface area contributed by atoms with E-state index < -0.39 is 0 Å². The van der Waals surface area contributed by atoms with Gasteiger partial charge in [-0.1, -0.05) is 42.5 Å². The normalized spacial score (nSPS) is 10.4. The average Bonchev–Trinajstić information content (AvgIpc) is 3.07. The molecule has 0 fully saturated rings. The van der Waals surface area contributed by atoms with Crippen LogP contribution in [0.1, 0.15) is 10.4 Å². The van der Waals surface area contributed by atoms with Crippen LogP contribution in [0.2, 0.25) is 0 Å². The number of anilines is 1. The summed E-state index contributed by atoms with van der Waals surface area (Å²) in [5.74, 6) is 0.748. The van der Waals surface area contributed by atoms with Crippen LogP contribution in [0.3, 0.4) is 0 Å². The first kappa shape index (κ1) is 14.5. The first-order chi connectivity index (χ1) is 10.8. The standard InChI is InChI=1S/C18H16N2OS/c21-18(13-16-9-6-12-22-16)20(17-10-4-5-11-19-17)14-15-7-2-1-3-8-15/h1-12H,13-14H2. The van der Waals surface area contributed by atoms with Crippen LogP contribution in [0.5, 0.6) is 0 Å². The van der Waals surface area contributed by atoms with Gasteiger partial charge in [0.1, 0.15) is 5.82 Å². The smallest absolute Gasteiger partial charge is 0.233 e. The summed E-state index contributed by atoms with van der Waals surface area (Å²) in [6.07, 6.45) is 2.12. The van der Waals surface area contributed by atoms with E-state index in [-0.39, 0.29) is 5.91 Å². The van der Waals surface area contributed by atoms with E-state index >= 15 is 0 Å². The molecule has 3 nitrogen and oxygen atoms in total. The molecule has 1 amide bonds. The van der Waals surface area contributed by atoms with Gasteiger partial charge in [0.2, 0.25) is 5.91 Å². The third-order valence-corrected chi connectivity index (χ3v) is 4.19. The second-order valence-corrected chi connectivity index (χ2v) is 5.94. The van der Waals surface area contributed by atoms with Crippen molar-refractivity contribution in [1.82, 2.24) is 4.98 Å². The molecule has 0 saturated heterocycles. The zero-order valence-electron chi connectivity index (χ0n) is 12.1. The number of thiophene rings is 1. The molecular formula is C18H16N2OS. The highest BCUT2D eigenvalue weighted by Crippen LogP contribution is 2.17. The number of aromatic nitrogens is 1. The van der Waals surface area contributed by atoms with E-state index in [2.05, 4.69) is 4.98 Å². The van der Waals surface area contributed by atoms with Gasteiger partial charge >= 0.3 is 0 Å². The molecule has 110 valence electrons. The molecule has 0 aliphatic carbocycles. The molecule has 2 aromatic heterocycles. The second kappa shape index (κ2) is 7.00. The zero-order chi connectivity index (χ0) is 15.2. The minimum absolute atomic E-state index is 0.0602. The third kappa shape index (κ3) is 3.59. The Morgan fingerprint density at radius 1 is 1.00 bits per heavy atom. The lowest BCUT2D eigenvalue weighted by molar-refractivity contribution is -0.118. The summed E-state index contributed by atoms with van der Waals surface area (Å²) in [7, 11) is 0. The van der Waals surface area contributed by atoms with Gasteiger partial charge < -0.3 is 0 Å². The van der Waals surface area contributed by atoms with Gasteiger partial charge in [0, 0.05) is 11.1 Å². The molecule has 0 N–H and O–H groups in total. The van der Waals surface area contributed by atoms with Gasteiger partial charge in [0.25, 0.3) is 0 Å². The lowest BCUT2D eigenvalue weighted by Gasteiger charge is -2.21. The fraction of sp³-hybridized carbons (Fsp3) is 0.111. The minimum atomic E-state index is 0.0602. The highest BCUT2D eigenvalue weighted by Gasteiger charge is 2.18. The Kier molecular flexibility index (Phi) is 4.61. The monoisotopic (exact) mass is 308 g/mol. The van der Waals surface area contributed by atoms with Crippen LogP contribution in [-0.2, 0) is 17.8 Å². The number of rotatable bonds is 5. The second-order valence-electron chi connectivity index (χ2n) is 4.91. The first-order valence-corrected chi connectivity index (χ1v) is 7.98. The molecule has 0 saturated carbocycles. The summed E-state index contributed by atoms with van der Waals surface area (Å²) in [5, 5.41) is 1.99. The van der Waals surface area contributed by atoms with Crippen molar-refractivity contribution in [3.05, 3.63) is 82.7 Å². The maximum atomic E-state index is 12.7. The van der Waals surface area contributed by atoms with E-state index in [1.807, 2.05) is 66.0 Å². The summed E-state index contributed by atoms with van der Waals surface area (Å²) in [6, 6.07) is 19.6. The molecule has 4 heteroatoms. The number of carbonyl (C=O) groups is 1. The Balaban J connectivity index is 1.84. The third-order valence-electron chi connectivity index (χ3n) is 3.32. The van der Waals surface area contributed by atoms with Crippen LogP contribution in [0.25, 0.3) is 0 Å². The summed E-state index contributed by atoms with van der Waals surface area (Å²) in [6.45, 7) is 0.530. The van der Waals surface area contributed by atoms with Crippen LogP contribution >= 0.6 is 11.3 Å². The molecule has 0 bridgehead atoms. The van der Waals surface area contributed by atoms with Gasteiger partial charge in [-0.25, -0.2) is 4.98 Å². The van der Waals surface area contributed by atoms with Gasteiger partial charge in [-0.05, 0) is 29.1 Å². The molecule has 3 aromatic rings. The number of hydrogen-bond donors (Lipinski definition) is 0. The number of hydrogen-bond acceptors (Lipinski definition) is 3. The van der Waals surface area contributed by atoms with Crippen molar-refractivity contribution in [2.75, 3.05) is 4.90 Å². The van der Waals surface area contributed by atoms with Crippen molar-refractivity contribution in [2.24, 2.45) is 0 Å².